The van der Waals surface area contributed by atoms with Gasteiger partial charge in [0.25, 0.3) is 5.56 Å². The number of rotatable bonds is 6. The highest BCUT2D eigenvalue weighted by molar-refractivity contribution is 8.00. The summed E-state index contributed by atoms with van der Waals surface area (Å²) in [5, 5.41) is 3.35. The summed E-state index contributed by atoms with van der Waals surface area (Å²) in [7, 11) is 0. The second kappa shape index (κ2) is 9.58. The minimum atomic E-state index is -0.505. The lowest BCUT2D eigenvalue weighted by molar-refractivity contribution is -0.120. The molecule has 0 saturated carbocycles. The van der Waals surface area contributed by atoms with Gasteiger partial charge in [0.15, 0.2) is 5.16 Å². The van der Waals surface area contributed by atoms with Crippen LogP contribution in [0.5, 0.6) is 0 Å². The van der Waals surface area contributed by atoms with Crippen LogP contribution in [0, 0.1) is 19.7 Å². The van der Waals surface area contributed by atoms with Gasteiger partial charge in [-0.15, -0.1) is 0 Å². The molecule has 4 aromatic rings. The van der Waals surface area contributed by atoms with Crippen molar-refractivity contribution in [3.63, 3.8) is 0 Å². The molecular formula is C26H24FN3O2S. The number of thioether (sulfide) groups is 1. The molecule has 1 amide bonds. The van der Waals surface area contributed by atoms with Crippen molar-refractivity contribution in [1.29, 1.82) is 0 Å². The van der Waals surface area contributed by atoms with Crippen molar-refractivity contribution in [1.82, 2.24) is 14.9 Å². The van der Waals surface area contributed by atoms with Crippen LogP contribution in [0.3, 0.4) is 0 Å². The third-order valence-corrected chi connectivity index (χ3v) is 6.65. The summed E-state index contributed by atoms with van der Waals surface area (Å²) in [5.74, 6) is -0.514. The molecule has 1 N–H and O–H groups in total. The van der Waals surface area contributed by atoms with Crippen molar-refractivity contribution in [2.24, 2.45) is 0 Å². The number of hydrogen-bond donors (Lipinski definition) is 1. The van der Waals surface area contributed by atoms with Crippen molar-refractivity contribution >= 4 is 28.6 Å². The van der Waals surface area contributed by atoms with E-state index < -0.39 is 5.25 Å². The van der Waals surface area contributed by atoms with Crippen LogP contribution in [0.4, 0.5) is 4.39 Å². The van der Waals surface area contributed by atoms with E-state index in [1.807, 2.05) is 44.2 Å². The number of nitrogens with one attached hydrogen (secondary N) is 1. The highest BCUT2D eigenvalue weighted by Crippen LogP contribution is 2.27. The van der Waals surface area contributed by atoms with Crippen LogP contribution < -0.4 is 10.9 Å². The van der Waals surface area contributed by atoms with Crippen molar-refractivity contribution < 1.29 is 9.18 Å². The summed E-state index contributed by atoms with van der Waals surface area (Å²) in [4.78, 5) is 31.0. The number of benzene rings is 3. The van der Waals surface area contributed by atoms with Gasteiger partial charge in [-0.05, 0) is 67.8 Å². The molecule has 0 saturated heterocycles. The molecule has 5 nitrogen and oxygen atoms in total. The topological polar surface area (TPSA) is 64.0 Å². The van der Waals surface area contributed by atoms with Crippen LogP contribution in [0.25, 0.3) is 16.6 Å². The monoisotopic (exact) mass is 461 g/mol. The van der Waals surface area contributed by atoms with Crippen LogP contribution in [-0.2, 0) is 11.3 Å². The van der Waals surface area contributed by atoms with E-state index in [4.69, 9.17) is 4.98 Å². The summed E-state index contributed by atoms with van der Waals surface area (Å²) in [6, 6.07) is 19.0. The molecule has 0 bridgehead atoms. The Bertz CT molecular complexity index is 1380. The number of aryl methyl sites for hydroxylation is 1. The molecule has 0 aliphatic carbocycles. The first-order valence-corrected chi connectivity index (χ1v) is 11.5. The van der Waals surface area contributed by atoms with Gasteiger partial charge in [-0.3, -0.25) is 14.2 Å². The molecule has 0 radical (unpaired) electrons. The zero-order chi connectivity index (χ0) is 23.5. The van der Waals surface area contributed by atoms with E-state index in [1.54, 1.807) is 35.8 Å². The van der Waals surface area contributed by atoms with E-state index in [1.165, 1.54) is 23.9 Å². The van der Waals surface area contributed by atoms with Crippen molar-refractivity contribution in [3.8, 4) is 5.69 Å². The van der Waals surface area contributed by atoms with E-state index in [-0.39, 0.29) is 17.3 Å². The maximum absolute atomic E-state index is 13.5. The van der Waals surface area contributed by atoms with Gasteiger partial charge in [0.2, 0.25) is 5.91 Å². The average molecular weight is 462 g/mol. The highest BCUT2D eigenvalue weighted by Gasteiger charge is 2.21. The molecule has 168 valence electrons. The van der Waals surface area contributed by atoms with E-state index in [0.717, 1.165) is 22.4 Å². The van der Waals surface area contributed by atoms with Gasteiger partial charge in [-0.2, -0.15) is 0 Å². The molecule has 0 aliphatic rings. The van der Waals surface area contributed by atoms with Gasteiger partial charge < -0.3 is 5.32 Å². The maximum Gasteiger partial charge on any atom is 0.266 e. The standard InChI is InChI=1S/C26H24FN3O2S/c1-16-7-6-10-23(17(16)2)30-25(32)21-8-4-5-9-22(21)29-26(30)33-18(3)24(31)28-15-19-11-13-20(27)14-12-19/h4-14,18H,15H2,1-3H3,(H,28,31). The van der Waals surface area contributed by atoms with Crippen molar-refractivity contribution in [2.45, 2.75) is 37.7 Å². The number of hydrogen-bond acceptors (Lipinski definition) is 4. The minimum Gasteiger partial charge on any atom is -0.351 e. The number of carbonyl (C=O) groups excluding carboxylic acids is 1. The summed E-state index contributed by atoms with van der Waals surface area (Å²) in [6.45, 7) is 6.04. The quantitative estimate of drug-likeness (QED) is 0.326. The fraction of sp³-hybridized carbons (Fsp3) is 0.192. The van der Waals surface area contributed by atoms with Gasteiger partial charge in [-0.1, -0.05) is 48.2 Å². The van der Waals surface area contributed by atoms with Gasteiger partial charge in [0.05, 0.1) is 21.8 Å². The molecule has 1 aromatic heterocycles. The number of para-hydroxylation sites is 1. The Balaban J connectivity index is 1.67. The molecule has 4 rings (SSSR count). The van der Waals surface area contributed by atoms with Crippen LogP contribution >= 0.6 is 11.8 Å². The third kappa shape index (κ3) is 4.83. The summed E-state index contributed by atoms with van der Waals surface area (Å²) >= 11 is 1.23. The zero-order valence-corrected chi connectivity index (χ0v) is 19.4. The Morgan fingerprint density at radius 3 is 2.55 bits per heavy atom. The molecular weight excluding hydrogens is 437 g/mol. The van der Waals surface area contributed by atoms with Crippen LogP contribution in [-0.4, -0.2) is 20.7 Å². The summed E-state index contributed by atoms with van der Waals surface area (Å²) < 4.78 is 14.7. The molecule has 33 heavy (non-hydrogen) atoms. The fourth-order valence-corrected chi connectivity index (χ4v) is 4.47. The molecule has 0 fully saturated rings. The van der Waals surface area contributed by atoms with Crippen LogP contribution in [0.1, 0.15) is 23.6 Å². The van der Waals surface area contributed by atoms with Gasteiger partial charge in [0, 0.05) is 6.54 Å². The van der Waals surface area contributed by atoms with Crippen molar-refractivity contribution in [3.05, 3.63) is 99.6 Å². The highest BCUT2D eigenvalue weighted by atomic mass is 32.2. The van der Waals surface area contributed by atoms with Crippen LogP contribution in [0.2, 0.25) is 0 Å². The van der Waals surface area contributed by atoms with E-state index >= 15 is 0 Å². The molecule has 1 atom stereocenters. The van der Waals surface area contributed by atoms with Crippen molar-refractivity contribution in [2.75, 3.05) is 0 Å². The molecule has 7 heteroatoms. The van der Waals surface area contributed by atoms with Gasteiger partial charge in [0.1, 0.15) is 5.82 Å². The van der Waals surface area contributed by atoms with Crippen LogP contribution in [0.15, 0.2) is 76.7 Å². The Hall–Kier alpha value is -3.45. The Kier molecular flexibility index (Phi) is 6.60. The lowest BCUT2D eigenvalue weighted by atomic mass is 10.1. The smallest absolute Gasteiger partial charge is 0.266 e. The molecule has 1 heterocycles. The normalized spacial score (nSPS) is 12.0. The largest absolute Gasteiger partial charge is 0.351 e. The number of carbonyl (C=O) groups is 1. The zero-order valence-electron chi connectivity index (χ0n) is 18.6. The van der Waals surface area contributed by atoms with E-state index in [0.29, 0.717) is 22.6 Å². The third-order valence-electron chi connectivity index (χ3n) is 5.59. The summed E-state index contributed by atoms with van der Waals surface area (Å²) in [6.07, 6.45) is 0. The van der Waals surface area contributed by atoms with Gasteiger partial charge in [-0.25, -0.2) is 9.37 Å². The number of amides is 1. The lowest BCUT2D eigenvalue weighted by Crippen LogP contribution is -2.31. The second-order valence-corrected chi connectivity index (χ2v) is 9.18. The van der Waals surface area contributed by atoms with E-state index in [9.17, 15) is 14.0 Å². The Morgan fingerprint density at radius 1 is 1.06 bits per heavy atom. The fourth-order valence-electron chi connectivity index (χ4n) is 3.53. The molecule has 0 aliphatic heterocycles. The molecule has 1 unspecified atom stereocenters. The number of halogens is 1. The first kappa shape index (κ1) is 22.7. The lowest BCUT2D eigenvalue weighted by Gasteiger charge is -2.18. The minimum absolute atomic E-state index is 0.171. The number of fused-ring (bicyclic) bond motifs is 1. The Labute approximate surface area is 195 Å². The Morgan fingerprint density at radius 2 is 1.79 bits per heavy atom. The number of nitrogens with zero attached hydrogens (tertiary/aromatic N) is 2. The molecule has 3 aromatic carbocycles. The number of aromatic nitrogens is 2. The first-order valence-electron chi connectivity index (χ1n) is 10.6. The SMILES string of the molecule is Cc1cccc(-n2c(SC(C)C(=O)NCc3ccc(F)cc3)nc3ccccc3c2=O)c1C. The summed E-state index contributed by atoms with van der Waals surface area (Å²) in [5.41, 5.74) is 4.01. The predicted molar refractivity (Wildman–Crippen MR) is 130 cm³/mol. The van der Waals surface area contributed by atoms with Gasteiger partial charge >= 0.3 is 0 Å². The van der Waals surface area contributed by atoms with E-state index in [2.05, 4.69) is 5.32 Å². The first-order chi connectivity index (χ1) is 15.8. The maximum atomic E-state index is 13.5. The predicted octanol–water partition coefficient (Wildman–Crippen LogP) is 4.94. The second-order valence-electron chi connectivity index (χ2n) is 7.88. The average Bonchev–Trinajstić information content (AvgIpc) is 2.81. The molecule has 0 spiro atoms.